The van der Waals surface area contributed by atoms with E-state index in [2.05, 4.69) is 4.98 Å². The molecule has 0 fully saturated rings. The van der Waals surface area contributed by atoms with Crippen molar-refractivity contribution in [3.05, 3.63) is 28.5 Å². The molecule has 0 aliphatic rings. The van der Waals surface area contributed by atoms with Crippen molar-refractivity contribution in [2.45, 2.75) is 0 Å². The van der Waals surface area contributed by atoms with Gasteiger partial charge in [-0.3, -0.25) is 0 Å². The van der Waals surface area contributed by atoms with Gasteiger partial charge in [-0.15, -0.1) is 0 Å². The monoisotopic (exact) mass is 187 g/mol. The summed E-state index contributed by atoms with van der Waals surface area (Å²) < 4.78 is 13.8. The molecule has 0 aliphatic heterocycles. The van der Waals surface area contributed by atoms with Gasteiger partial charge in [0, 0.05) is 0 Å². The first-order valence-corrected chi connectivity index (χ1v) is 4.17. The number of aromatic nitrogens is 1. The minimum Gasteiger partial charge on any atom is -0.225 e. The third kappa shape index (κ3) is 1.10. The second-order valence-electron chi connectivity index (χ2n) is 2.05. The lowest BCUT2D eigenvalue weighted by molar-refractivity contribution is 0.641. The van der Waals surface area contributed by atoms with Gasteiger partial charge in [-0.05, 0) is 12.1 Å². The normalized spacial score (nSPS) is 10.7. The van der Waals surface area contributed by atoms with Gasteiger partial charge in [0.2, 0.25) is 0 Å². The number of fused-ring (bicyclic) bond motifs is 1. The highest BCUT2D eigenvalue weighted by Gasteiger charge is 2.04. The zero-order valence-electron chi connectivity index (χ0n) is 5.34. The van der Waals surface area contributed by atoms with Crippen molar-refractivity contribution in [3.8, 4) is 0 Å². The van der Waals surface area contributed by atoms with Crippen LogP contribution in [0.5, 0.6) is 0 Å². The molecule has 1 nitrogen and oxygen atoms in total. The first-order valence-electron chi connectivity index (χ1n) is 2.98. The fourth-order valence-corrected chi connectivity index (χ4v) is 1.91. The third-order valence-corrected chi connectivity index (χ3v) is 2.52. The van der Waals surface area contributed by atoms with Crippen LogP contribution in [0, 0.1) is 5.82 Å². The summed E-state index contributed by atoms with van der Waals surface area (Å²) in [6, 6.07) is 4.76. The molecule has 4 heteroatoms. The Balaban J connectivity index is 2.90. The molecule has 1 aromatic heterocycles. The standard InChI is InChI=1S/C7H3ClFNS/c8-7-10-5-3-1-2-4(9)6(5)11-7/h1-3H. The van der Waals surface area contributed by atoms with E-state index in [9.17, 15) is 4.39 Å². The molecule has 11 heavy (non-hydrogen) atoms. The molecule has 0 saturated heterocycles. The number of rotatable bonds is 0. The van der Waals surface area contributed by atoms with Crippen LogP contribution in [0.4, 0.5) is 4.39 Å². The van der Waals surface area contributed by atoms with Gasteiger partial charge in [-0.2, -0.15) is 0 Å². The minimum absolute atomic E-state index is 0.257. The Morgan fingerprint density at radius 2 is 2.27 bits per heavy atom. The van der Waals surface area contributed by atoms with Crippen molar-refractivity contribution < 1.29 is 4.39 Å². The quantitative estimate of drug-likeness (QED) is 0.618. The maximum absolute atomic E-state index is 12.9. The van der Waals surface area contributed by atoms with Gasteiger partial charge in [0.15, 0.2) is 4.47 Å². The molecule has 0 atom stereocenters. The third-order valence-electron chi connectivity index (χ3n) is 1.34. The number of nitrogens with zero attached hydrogens (tertiary/aromatic N) is 1. The van der Waals surface area contributed by atoms with Crippen LogP contribution in [-0.4, -0.2) is 4.98 Å². The molecule has 0 bridgehead atoms. The average Bonchev–Trinajstić information content (AvgIpc) is 2.31. The zero-order valence-corrected chi connectivity index (χ0v) is 6.92. The molecule has 2 rings (SSSR count). The largest absolute Gasteiger partial charge is 0.225 e. The number of halogens is 2. The topological polar surface area (TPSA) is 12.9 Å². The van der Waals surface area contributed by atoms with Gasteiger partial charge in [-0.1, -0.05) is 29.0 Å². The molecule has 0 saturated carbocycles. The Morgan fingerprint density at radius 1 is 1.45 bits per heavy atom. The molecule has 1 aromatic carbocycles. The molecule has 0 unspecified atom stereocenters. The molecule has 0 N–H and O–H groups in total. The average molecular weight is 188 g/mol. The number of hydrogen-bond donors (Lipinski definition) is 0. The summed E-state index contributed by atoms with van der Waals surface area (Å²) in [6.07, 6.45) is 0. The zero-order chi connectivity index (χ0) is 7.84. The number of benzene rings is 1. The highest BCUT2D eigenvalue weighted by molar-refractivity contribution is 7.22. The van der Waals surface area contributed by atoms with E-state index in [1.54, 1.807) is 12.1 Å². The molecule has 2 aromatic rings. The predicted octanol–water partition coefficient (Wildman–Crippen LogP) is 3.09. The summed E-state index contributed by atoms with van der Waals surface area (Å²) in [5.41, 5.74) is 0.625. The van der Waals surface area contributed by atoms with E-state index >= 15 is 0 Å². The first-order chi connectivity index (χ1) is 5.27. The maximum atomic E-state index is 12.9. The highest BCUT2D eigenvalue weighted by atomic mass is 35.5. The summed E-state index contributed by atoms with van der Waals surface area (Å²) in [5.74, 6) is -0.257. The number of thiazole rings is 1. The summed E-state index contributed by atoms with van der Waals surface area (Å²) in [7, 11) is 0. The van der Waals surface area contributed by atoms with Crippen LogP contribution in [0.1, 0.15) is 0 Å². The van der Waals surface area contributed by atoms with Crippen LogP contribution < -0.4 is 0 Å². The van der Waals surface area contributed by atoms with Crippen LogP contribution in [0.15, 0.2) is 18.2 Å². The second-order valence-corrected chi connectivity index (χ2v) is 3.64. The van der Waals surface area contributed by atoms with Crippen molar-refractivity contribution >= 4 is 33.2 Å². The Bertz CT molecular complexity index is 398. The summed E-state index contributed by atoms with van der Waals surface area (Å²) >= 11 is 6.75. The molecule has 0 amide bonds. The Kier molecular flexibility index (Phi) is 1.55. The van der Waals surface area contributed by atoms with Crippen LogP contribution in [0.2, 0.25) is 4.47 Å². The Hall–Kier alpha value is -0.670. The van der Waals surface area contributed by atoms with Crippen molar-refractivity contribution in [2.75, 3.05) is 0 Å². The van der Waals surface area contributed by atoms with Crippen LogP contribution in [-0.2, 0) is 0 Å². The van der Waals surface area contributed by atoms with E-state index in [-0.39, 0.29) is 5.82 Å². The van der Waals surface area contributed by atoms with Gasteiger partial charge >= 0.3 is 0 Å². The molecule has 1 heterocycles. The maximum Gasteiger partial charge on any atom is 0.184 e. The van der Waals surface area contributed by atoms with Crippen LogP contribution >= 0.6 is 22.9 Å². The molecule has 56 valence electrons. The van der Waals surface area contributed by atoms with E-state index in [0.717, 1.165) is 11.3 Å². The smallest absolute Gasteiger partial charge is 0.184 e. The summed E-state index contributed by atoms with van der Waals surface area (Å²) in [6.45, 7) is 0. The van der Waals surface area contributed by atoms with Gasteiger partial charge in [-0.25, -0.2) is 9.37 Å². The van der Waals surface area contributed by atoms with Gasteiger partial charge in [0.25, 0.3) is 0 Å². The van der Waals surface area contributed by atoms with Crippen LogP contribution in [0.3, 0.4) is 0 Å². The number of hydrogen-bond acceptors (Lipinski definition) is 2. The van der Waals surface area contributed by atoms with E-state index in [1.165, 1.54) is 6.07 Å². The molecular formula is C7H3ClFNS. The Morgan fingerprint density at radius 3 is 3.00 bits per heavy atom. The van der Waals surface area contributed by atoms with Crippen molar-refractivity contribution in [1.82, 2.24) is 4.98 Å². The van der Waals surface area contributed by atoms with E-state index in [0.29, 0.717) is 14.7 Å². The lowest BCUT2D eigenvalue weighted by Gasteiger charge is -1.86. The predicted molar refractivity (Wildman–Crippen MR) is 44.6 cm³/mol. The van der Waals surface area contributed by atoms with Gasteiger partial charge < -0.3 is 0 Å². The lowest BCUT2D eigenvalue weighted by atomic mass is 10.3. The molecule has 0 spiro atoms. The molecule has 0 radical (unpaired) electrons. The van der Waals surface area contributed by atoms with E-state index in [4.69, 9.17) is 11.6 Å². The summed E-state index contributed by atoms with van der Waals surface area (Å²) in [4.78, 5) is 3.92. The van der Waals surface area contributed by atoms with Gasteiger partial charge in [0.1, 0.15) is 5.82 Å². The van der Waals surface area contributed by atoms with Crippen LogP contribution in [0.25, 0.3) is 10.2 Å². The second kappa shape index (κ2) is 2.43. The molecular weight excluding hydrogens is 185 g/mol. The van der Waals surface area contributed by atoms with Crippen molar-refractivity contribution in [2.24, 2.45) is 0 Å². The van der Waals surface area contributed by atoms with E-state index in [1.807, 2.05) is 0 Å². The first kappa shape index (κ1) is 7.00. The summed E-state index contributed by atoms with van der Waals surface area (Å²) in [5, 5.41) is 0. The van der Waals surface area contributed by atoms with Gasteiger partial charge in [0.05, 0.1) is 10.2 Å². The fourth-order valence-electron chi connectivity index (χ4n) is 0.888. The van der Waals surface area contributed by atoms with E-state index < -0.39 is 0 Å². The minimum atomic E-state index is -0.257. The Labute approximate surface area is 71.4 Å². The fraction of sp³-hybridized carbons (Fsp3) is 0. The highest BCUT2D eigenvalue weighted by Crippen LogP contribution is 2.27. The lowest BCUT2D eigenvalue weighted by Crippen LogP contribution is -1.71. The van der Waals surface area contributed by atoms with Crippen molar-refractivity contribution in [3.63, 3.8) is 0 Å². The molecule has 0 aliphatic carbocycles. The SMILES string of the molecule is Fc1cccc2nc(Cl)sc12. The van der Waals surface area contributed by atoms with Crippen molar-refractivity contribution in [1.29, 1.82) is 0 Å².